The number of amides is 2. The van der Waals surface area contributed by atoms with Gasteiger partial charge in [-0.05, 0) is 31.0 Å². The van der Waals surface area contributed by atoms with Crippen molar-refractivity contribution in [3.8, 4) is 0 Å². The van der Waals surface area contributed by atoms with Gasteiger partial charge in [0.2, 0.25) is 0 Å². The molecule has 0 saturated carbocycles. The second kappa shape index (κ2) is 4.70. The minimum absolute atomic E-state index is 0.0217. The molecule has 21 heavy (non-hydrogen) atoms. The van der Waals surface area contributed by atoms with Crippen molar-refractivity contribution in [2.75, 3.05) is 38.5 Å². The Bertz CT molecular complexity index is 669. The molecule has 0 unspecified atom stereocenters. The maximum absolute atomic E-state index is 12.4. The summed E-state index contributed by atoms with van der Waals surface area (Å²) in [5.41, 5.74) is 1.51. The van der Waals surface area contributed by atoms with Gasteiger partial charge >= 0.3 is 6.03 Å². The average Bonchev–Trinajstić information content (AvgIpc) is 3.11. The molecule has 7 nitrogen and oxygen atoms in total. The highest BCUT2D eigenvalue weighted by atomic mass is 16.2. The zero-order valence-corrected chi connectivity index (χ0v) is 11.9. The van der Waals surface area contributed by atoms with Crippen LogP contribution in [0.4, 0.5) is 10.5 Å². The number of carbonyl (C=O) groups excluding carboxylic acids is 1. The first kappa shape index (κ1) is 12.6. The van der Waals surface area contributed by atoms with Crippen molar-refractivity contribution in [3.63, 3.8) is 0 Å². The monoisotopic (exact) mass is 286 g/mol. The summed E-state index contributed by atoms with van der Waals surface area (Å²) in [7, 11) is 2.15. The number of pyridine rings is 1. The van der Waals surface area contributed by atoms with E-state index in [-0.39, 0.29) is 6.03 Å². The molecule has 0 aliphatic carbocycles. The molecule has 0 aromatic carbocycles. The Morgan fingerprint density at radius 1 is 1.24 bits per heavy atom. The van der Waals surface area contributed by atoms with Crippen molar-refractivity contribution in [3.05, 3.63) is 24.7 Å². The van der Waals surface area contributed by atoms with Gasteiger partial charge in [-0.1, -0.05) is 0 Å². The SMILES string of the molecule is CN1C[C@@H]2CN(C(=O)Nc3ccc4ncnn4c3)C[C@@H]2C1. The fourth-order valence-corrected chi connectivity index (χ4v) is 3.49. The largest absolute Gasteiger partial charge is 0.324 e. The zero-order valence-electron chi connectivity index (χ0n) is 11.9. The quantitative estimate of drug-likeness (QED) is 0.840. The van der Waals surface area contributed by atoms with Crippen LogP contribution in [0.15, 0.2) is 24.7 Å². The highest BCUT2D eigenvalue weighted by molar-refractivity contribution is 5.89. The van der Waals surface area contributed by atoms with E-state index in [1.807, 2.05) is 17.0 Å². The van der Waals surface area contributed by atoms with E-state index < -0.39 is 0 Å². The first-order chi connectivity index (χ1) is 10.2. The van der Waals surface area contributed by atoms with Crippen LogP contribution in [-0.2, 0) is 0 Å². The molecule has 2 amide bonds. The first-order valence-corrected chi connectivity index (χ1v) is 7.23. The number of fused-ring (bicyclic) bond motifs is 2. The molecule has 2 aliphatic rings. The molecule has 2 saturated heterocycles. The van der Waals surface area contributed by atoms with Crippen LogP contribution in [0.25, 0.3) is 5.65 Å². The number of likely N-dealkylation sites (tertiary alicyclic amines) is 2. The van der Waals surface area contributed by atoms with E-state index in [0.29, 0.717) is 11.8 Å². The van der Waals surface area contributed by atoms with Gasteiger partial charge in [-0.25, -0.2) is 14.3 Å². The summed E-state index contributed by atoms with van der Waals surface area (Å²) >= 11 is 0. The van der Waals surface area contributed by atoms with Crippen LogP contribution < -0.4 is 5.32 Å². The number of anilines is 1. The number of carbonyl (C=O) groups is 1. The molecule has 7 heteroatoms. The second-order valence-corrected chi connectivity index (χ2v) is 6.06. The predicted molar refractivity (Wildman–Crippen MR) is 78.1 cm³/mol. The van der Waals surface area contributed by atoms with Crippen molar-refractivity contribution < 1.29 is 4.79 Å². The number of hydrogen-bond acceptors (Lipinski definition) is 4. The van der Waals surface area contributed by atoms with E-state index in [2.05, 4.69) is 27.3 Å². The van der Waals surface area contributed by atoms with E-state index >= 15 is 0 Å². The van der Waals surface area contributed by atoms with E-state index in [1.165, 1.54) is 6.33 Å². The van der Waals surface area contributed by atoms with Crippen LogP contribution >= 0.6 is 0 Å². The van der Waals surface area contributed by atoms with Gasteiger partial charge in [0.25, 0.3) is 0 Å². The molecule has 0 spiro atoms. The highest BCUT2D eigenvalue weighted by Gasteiger charge is 2.40. The summed E-state index contributed by atoms with van der Waals surface area (Å²) in [6, 6.07) is 3.68. The summed E-state index contributed by atoms with van der Waals surface area (Å²) in [4.78, 5) is 20.7. The van der Waals surface area contributed by atoms with Crippen molar-refractivity contribution in [2.24, 2.45) is 11.8 Å². The lowest BCUT2D eigenvalue weighted by Gasteiger charge is -2.19. The van der Waals surface area contributed by atoms with Crippen LogP contribution in [0.2, 0.25) is 0 Å². The minimum atomic E-state index is -0.0217. The lowest BCUT2D eigenvalue weighted by atomic mass is 10.0. The van der Waals surface area contributed by atoms with Gasteiger partial charge in [-0.15, -0.1) is 0 Å². The molecule has 0 bridgehead atoms. The Labute approximate surface area is 122 Å². The van der Waals surface area contributed by atoms with Crippen LogP contribution in [0.3, 0.4) is 0 Å². The predicted octanol–water partition coefficient (Wildman–Crippen LogP) is 0.755. The smallest absolute Gasteiger partial charge is 0.321 e. The number of hydrogen-bond donors (Lipinski definition) is 1. The van der Waals surface area contributed by atoms with E-state index in [1.54, 1.807) is 10.7 Å². The lowest BCUT2D eigenvalue weighted by Crippen LogP contribution is -2.35. The van der Waals surface area contributed by atoms with Crippen molar-refractivity contribution >= 4 is 17.4 Å². The lowest BCUT2D eigenvalue weighted by molar-refractivity contribution is 0.215. The molecule has 4 rings (SSSR count). The highest BCUT2D eigenvalue weighted by Crippen LogP contribution is 2.30. The molecule has 2 aliphatic heterocycles. The summed E-state index contributed by atoms with van der Waals surface area (Å²) in [6.45, 7) is 3.90. The standard InChI is InChI=1S/C14H18N6O/c1-18-4-10-6-19(7-11(10)5-18)14(21)17-12-2-3-13-15-9-16-20(13)8-12/h2-3,8-11H,4-7H2,1H3,(H,17,21)/t10-,11+. The van der Waals surface area contributed by atoms with Crippen LogP contribution in [0.1, 0.15) is 0 Å². The molecule has 2 aromatic heterocycles. The Kier molecular flexibility index (Phi) is 2.81. The first-order valence-electron chi connectivity index (χ1n) is 7.23. The molecular weight excluding hydrogens is 268 g/mol. The molecule has 4 heterocycles. The topological polar surface area (TPSA) is 65.8 Å². The van der Waals surface area contributed by atoms with Gasteiger partial charge in [-0.3, -0.25) is 0 Å². The summed E-state index contributed by atoms with van der Waals surface area (Å²) in [6.07, 6.45) is 3.28. The number of urea groups is 1. The summed E-state index contributed by atoms with van der Waals surface area (Å²) < 4.78 is 1.66. The maximum atomic E-state index is 12.4. The Balaban J connectivity index is 1.44. The molecule has 0 radical (unpaired) electrons. The third kappa shape index (κ3) is 2.23. The van der Waals surface area contributed by atoms with E-state index in [4.69, 9.17) is 0 Å². The van der Waals surface area contributed by atoms with Gasteiger partial charge in [-0.2, -0.15) is 5.10 Å². The molecule has 2 atom stereocenters. The molecular formula is C14H18N6O. The fraction of sp³-hybridized carbons (Fsp3) is 0.500. The third-order valence-electron chi connectivity index (χ3n) is 4.48. The van der Waals surface area contributed by atoms with E-state index in [9.17, 15) is 4.79 Å². The van der Waals surface area contributed by atoms with Gasteiger partial charge < -0.3 is 15.1 Å². The molecule has 110 valence electrons. The van der Waals surface area contributed by atoms with Gasteiger partial charge in [0.05, 0.1) is 11.9 Å². The number of aromatic nitrogens is 3. The number of rotatable bonds is 1. The second-order valence-electron chi connectivity index (χ2n) is 6.06. The zero-order chi connectivity index (χ0) is 14.4. The van der Waals surface area contributed by atoms with Gasteiger partial charge in [0, 0.05) is 26.2 Å². The van der Waals surface area contributed by atoms with Gasteiger partial charge in [0.1, 0.15) is 6.33 Å². The molecule has 2 fully saturated rings. The van der Waals surface area contributed by atoms with Crippen LogP contribution in [0.5, 0.6) is 0 Å². The number of nitrogens with zero attached hydrogens (tertiary/aromatic N) is 5. The summed E-state index contributed by atoms with van der Waals surface area (Å²) in [5.74, 6) is 1.25. The van der Waals surface area contributed by atoms with Crippen LogP contribution in [0, 0.1) is 11.8 Å². The number of nitrogens with one attached hydrogen (secondary N) is 1. The normalized spacial score (nSPS) is 25.5. The Morgan fingerprint density at radius 2 is 2.00 bits per heavy atom. The Morgan fingerprint density at radius 3 is 2.76 bits per heavy atom. The van der Waals surface area contributed by atoms with E-state index in [0.717, 1.165) is 37.5 Å². The van der Waals surface area contributed by atoms with Crippen molar-refractivity contribution in [1.82, 2.24) is 24.4 Å². The van der Waals surface area contributed by atoms with Crippen LogP contribution in [-0.4, -0.2) is 63.7 Å². The van der Waals surface area contributed by atoms with Crippen molar-refractivity contribution in [2.45, 2.75) is 0 Å². The molecule has 2 aromatic rings. The minimum Gasteiger partial charge on any atom is -0.324 e. The maximum Gasteiger partial charge on any atom is 0.321 e. The average molecular weight is 286 g/mol. The van der Waals surface area contributed by atoms with Crippen molar-refractivity contribution in [1.29, 1.82) is 0 Å². The third-order valence-corrected chi connectivity index (χ3v) is 4.48. The Hall–Kier alpha value is -2.15. The van der Waals surface area contributed by atoms with Gasteiger partial charge in [0.15, 0.2) is 5.65 Å². The summed E-state index contributed by atoms with van der Waals surface area (Å²) in [5, 5.41) is 7.03. The molecule has 1 N–H and O–H groups in total. The fourth-order valence-electron chi connectivity index (χ4n) is 3.49.